The van der Waals surface area contributed by atoms with Crippen LogP contribution in [0.4, 0.5) is 17.3 Å². The molecule has 1 amide bonds. The van der Waals surface area contributed by atoms with Crippen LogP contribution in [0.25, 0.3) is 0 Å². The van der Waals surface area contributed by atoms with Crippen LogP contribution in [0.1, 0.15) is 35.3 Å². The normalized spacial score (nSPS) is 10.4. The van der Waals surface area contributed by atoms with Gasteiger partial charge in [0.1, 0.15) is 0 Å². The van der Waals surface area contributed by atoms with Crippen molar-refractivity contribution in [3.05, 3.63) is 77.6 Å². The summed E-state index contributed by atoms with van der Waals surface area (Å²) in [6.45, 7) is 8.78. The van der Waals surface area contributed by atoms with Crippen LogP contribution in [0.2, 0.25) is 0 Å². The zero-order chi connectivity index (χ0) is 20.6. The Morgan fingerprint density at radius 3 is 2.31 bits per heavy atom. The van der Waals surface area contributed by atoms with E-state index in [4.69, 9.17) is 0 Å². The molecule has 0 atom stereocenters. The van der Waals surface area contributed by atoms with Crippen molar-refractivity contribution in [1.82, 2.24) is 9.97 Å². The molecule has 2 N–H and O–H groups in total. The Kier molecular flexibility index (Phi) is 6.79. The van der Waals surface area contributed by atoms with E-state index in [-0.39, 0.29) is 5.91 Å². The summed E-state index contributed by atoms with van der Waals surface area (Å²) in [5.41, 5.74) is 4.52. The van der Waals surface area contributed by atoms with Crippen LogP contribution in [0.3, 0.4) is 0 Å². The van der Waals surface area contributed by atoms with Crippen LogP contribution in [0.15, 0.2) is 60.9 Å². The van der Waals surface area contributed by atoms with E-state index < -0.39 is 0 Å². The van der Waals surface area contributed by atoms with Gasteiger partial charge in [0.25, 0.3) is 5.91 Å². The van der Waals surface area contributed by atoms with Crippen molar-refractivity contribution in [3.63, 3.8) is 0 Å². The summed E-state index contributed by atoms with van der Waals surface area (Å²) in [6.07, 6.45) is 3.07. The monoisotopic (exact) mass is 389 g/mol. The van der Waals surface area contributed by atoms with Crippen molar-refractivity contribution < 1.29 is 4.79 Å². The van der Waals surface area contributed by atoms with Gasteiger partial charge < -0.3 is 15.5 Å². The number of amides is 1. The van der Waals surface area contributed by atoms with Gasteiger partial charge in [-0.1, -0.05) is 30.3 Å². The largest absolute Gasteiger partial charge is 0.372 e. The highest BCUT2D eigenvalue weighted by Crippen LogP contribution is 2.23. The summed E-state index contributed by atoms with van der Waals surface area (Å²) in [6, 6.07) is 16.1. The molecule has 0 aliphatic carbocycles. The third kappa shape index (κ3) is 5.31. The molecule has 1 aromatic heterocycles. The SMILES string of the molecule is CCN(CC)c1ccc(NC(=O)c2cnc(NCc3ccccc3)nc2)c(C)c1. The predicted octanol–water partition coefficient (Wildman–Crippen LogP) is 4.50. The predicted molar refractivity (Wildman–Crippen MR) is 118 cm³/mol. The summed E-state index contributed by atoms with van der Waals surface area (Å²) in [7, 11) is 0. The second-order valence-electron chi connectivity index (χ2n) is 6.76. The minimum absolute atomic E-state index is 0.224. The van der Waals surface area contributed by atoms with E-state index in [1.807, 2.05) is 49.4 Å². The minimum atomic E-state index is -0.224. The van der Waals surface area contributed by atoms with Gasteiger partial charge in [-0.25, -0.2) is 9.97 Å². The molecular weight excluding hydrogens is 362 g/mol. The molecule has 150 valence electrons. The number of hydrogen-bond donors (Lipinski definition) is 2. The molecule has 1 heterocycles. The van der Waals surface area contributed by atoms with Gasteiger partial charge in [0, 0.05) is 43.4 Å². The quantitative estimate of drug-likeness (QED) is 0.594. The van der Waals surface area contributed by atoms with Crippen molar-refractivity contribution in [2.24, 2.45) is 0 Å². The highest BCUT2D eigenvalue weighted by atomic mass is 16.1. The summed E-state index contributed by atoms with van der Waals surface area (Å²) in [5, 5.41) is 6.10. The number of aromatic nitrogens is 2. The fourth-order valence-corrected chi connectivity index (χ4v) is 3.08. The van der Waals surface area contributed by atoms with E-state index >= 15 is 0 Å². The molecule has 6 heteroatoms. The Balaban J connectivity index is 1.62. The molecule has 2 aromatic carbocycles. The number of hydrogen-bond acceptors (Lipinski definition) is 5. The number of carbonyl (C=O) groups is 1. The van der Waals surface area contributed by atoms with Crippen LogP contribution in [0, 0.1) is 6.92 Å². The van der Waals surface area contributed by atoms with Gasteiger partial charge in [-0.15, -0.1) is 0 Å². The molecule has 0 unspecified atom stereocenters. The van der Waals surface area contributed by atoms with Crippen molar-refractivity contribution in [1.29, 1.82) is 0 Å². The number of carbonyl (C=O) groups excluding carboxylic acids is 1. The highest BCUT2D eigenvalue weighted by molar-refractivity contribution is 6.04. The molecule has 0 saturated carbocycles. The van der Waals surface area contributed by atoms with Gasteiger partial charge in [-0.2, -0.15) is 0 Å². The fraction of sp³-hybridized carbons (Fsp3) is 0.261. The number of benzene rings is 2. The third-order valence-corrected chi connectivity index (χ3v) is 4.79. The second kappa shape index (κ2) is 9.68. The first kappa shape index (κ1) is 20.3. The van der Waals surface area contributed by atoms with E-state index in [0.717, 1.165) is 35.6 Å². The van der Waals surface area contributed by atoms with Crippen LogP contribution in [-0.4, -0.2) is 29.0 Å². The molecule has 6 nitrogen and oxygen atoms in total. The number of anilines is 3. The van der Waals surface area contributed by atoms with Gasteiger partial charge >= 0.3 is 0 Å². The zero-order valence-corrected chi connectivity index (χ0v) is 17.1. The van der Waals surface area contributed by atoms with Crippen LogP contribution in [-0.2, 0) is 6.54 Å². The van der Waals surface area contributed by atoms with Gasteiger partial charge in [-0.3, -0.25) is 4.79 Å². The van der Waals surface area contributed by atoms with Crippen molar-refractivity contribution >= 4 is 23.2 Å². The lowest BCUT2D eigenvalue weighted by atomic mass is 10.1. The van der Waals surface area contributed by atoms with E-state index in [1.54, 1.807) is 0 Å². The standard InChI is InChI=1S/C23H27N5O/c1-4-28(5-2)20-11-12-21(17(3)13-20)27-22(29)19-15-25-23(26-16-19)24-14-18-9-7-6-8-10-18/h6-13,15-16H,4-5,14H2,1-3H3,(H,27,29)(H,24,25,26). The van der Waals surface area contributed by atoms with Crippen LogP contribution >= 0.6 is 0 Å². The topological polar surface area (TPSA) is 70.2 Å². The molecular formula is C23H27N5O. The molecule has 3 aromatic rings. The fourth-order valence-electron chi connectivity index (χ4n) is 3.08. The number of aryl methyl sites for hydroxylation is 1. The summed E-state index contributed by atoms with van der Waals surface area (Å²) in [5.74, 6) is 0.267. The highest BCUT2D eigenvalue weighted by Gasteiger charge is 2.11. The third-order valence-electron chi connectivity index (χ3n) is 4.79. The Hall–Kier alpha value is -3.41. The van der Waals surface area contributed by atoms with Gasteiger partial charge in [0.2, 0.25) is 5.95 Å². The van der Waals surface area contributed by atoms with Crippen LogP contribution in [0.5, 0.6) is 0 Å². The van der Waals surface area contributed by atoms with Crippen LogP contribution < -0.4 is 15.5 Å². The number of nitrogens with one attached hydrogen (secondary N) is 2. The molecule has 0 fully saturated rings. The zero-order valence-electron chi connectivity index (χ0n) is 17.1. The van der Waals surface area contributed by atoms with Crippen molar-refractivity contribution in [2.75, 3.05) is 28.6 Å². The van der Waals surface area contributed by atoms with E-state index in [2.05, 4.69) is 45.4 Å². The Labute approximate surface area is 172 Å². The number of rotatable bonds is 8. The first-order chi connectivity index (χ1) is 14.1. The minimum Gasteiger partial charge on any atom is -0.372 e. The maximum Gasteiger partial charge on any atom is 0.258 e. The Morgan fingerprint density at radius 2 is 1.69 bits per heavy atom. The summed E-state index contributed by atoms with van der Waals surface area (Å²) >= 11 is 0. The summed E-state index contributed by atoms with van der Waals surface area (Å²) in [4.78, 5) is 23.3. The Bertz CT molecular complexity index is 937. The van der Waals surface area contributed by atoms with E-state index in [0.29, 0.717) is 18.1 Å². The van der Waals surface area contributed by atoms with Crippen molar-refractivity contribution in [2.45, 2.75) is 27.3 Å². The van der Waals surface area contributed by atoms with E-state index in [9.17, 15) is 4.79 Å². The lowest BCUT2D eigenvalue weighted by Gasteiger charge is -2.22. The average molecular weight is 390 g/mol. The molecule has 0 saturated heterocycles. The smallest absolute Gasteiger partial charge is 0.258 e. The molecule has 0 bridgehead atoms. The molecule has 3 rings (SSSR count). The first-order valence-electron chi connectivity index (χ1n) is 9.87. The molecule has 0 aliphatic heterocycles. The second-order valence-corrected chi connectivity index (χ2v) is 6.76. The summed E-state index contributed by atoms with van der Waals surface area (Å²) < 4.78 is 0. The molecule has 0 aliphatic rings. The van der Waals surface area contributed by atoms with Gasteiger partial charge in [0.05, 0.1) is 5.56 Å². The molecule has 0 spiro atoms. The first-order valence-corrected chi connectivity index (χ1v) is 9.87. The molecule has 29 heavy (non-hydrogen) atoms. The van der Waals surface area contributed by atoms with Gasteiger partial charge in [-0.05, 0) is 50.1 Å². The Morgan fingerprint density at radius 1 is 1.00 bits per heavy atom. The maximum atomic E-state index is 12.6. The van der Waals surface area contributed by atoms with E-state index in [1.165, 1.54) is 12.4 Å². The lowest BCUT2D eigenvalue weighted by Crippen LogP contribution is -2.22. The lowest BCUT2D eigenvalue weighted by molar-refractivity contribution is 0.102. The number of nitrogens with zero attached hydrogens (tertiary/aromatic N) is 3. The van der Waals surface area contributed by atoms with Crippen molar-refractivity contribution in [3.8, 4) is 0 Å². The average Bonchev–Trinajstić information content (AvgIpc) is 2.76. The van der Waals surface area contributed by atoms with Gasteiger partial charge in [0.15, 0.2) is 0 Å². The molecule has 0 radical (unpaired) electrons. The maximum absolute atomic E-state index is 12.6.